The van der Waals surface area contributed by atoms with Gasteiger partial charge in [-0.25, -0.2) is 0 Å². The highest BCUT2D eigenvalue weighted by atomic mass is 16.4. The second-order valence-electron chi connectivity index (χ2n) is 7.51. The van der Waals surface area contributed by atoms with Gasteiger partial charge in [0.05, 0.1) is 18.9 Å². The van der Waals surface area contributed by atoms with E-state index in [0.29, 0.717) is 5.56 Å². The van der Waals surface area contributed by atoms with Gasteiger partial charge >= 0.3 is 5.97 Å². The summed E-state index contributed by atoms with van der Waals surface area (Å²) in [6, 6.07) is 0.285. The van der Waals surface area contributed by atoms with Crippen molar-refractivity contribution in [1.29, 1.82) is 0 Å². The smallest absolute Gasteiger partial charge is 0.325 e. The van der Waals surface area contributed by atoms with Crippen molar-refractivity contribution in [3.05, 3.63) is 29.8 Å². The molecule has 1 aromatic carbocycles. The highest BCUT2D eigenvalue weighted by Crippen LogP contribution is 2.11. The molecule has 0 saturated carbocycles. The molecule has 34 heavy (non-hydrogen) atoms. The van der Waals surface area contributed by atoms with E-state index in [0.717, 1.165) is 6.92 Å². The van der Waals surface area contributed by atoms with Crippen LogP contribution < -0.4 is 33.2 Å². The standard InChI is InChI=1S/C20H28N6O8/c1-9(20(33)34)24-18(31)13(7-15(22)28)26-19(32)14(8-16(23)29)25-17(30)12(21)6-10-2-4-11(27)5-3-10/h2-5,9,12-14,27H,6-8,21H2,1H3,(H2,22,28)(H2,23,29)(H,24,31)(H,25,30)(H,26,32)(H,33,34). The maximum atomic E-state index is 12.7. The molecule has 0 aliphatic heterocycles. The van der Waals surface area contributed by atoms with Crippen molar-refractivity contribution >= 4 is 35.5 Å². The number of carboxylic acids is 1. The lowest BCUT2D eigenvalue weighted by molar-refractivity contribution is -0.142. The molecule has 14 nitrogen and oxygen atoms in total. The summed E-state index contributed by atoms with van der Waals surface area (Å²) in [5, 5.41) is 24.7. The molecule has 4 atom stereocenters. The van der Waals surface area contributed by atoms with Crippen molar-refractivity contribution in [1.82, 2.24) is 16.0 Å². The number of phenolic OH excluding ortho intramolecular Hbond substituents is 1. The van der Waals surface area contributed by atoms with Crippen molar-refractivity contribution in [2.75, 3.05) is 0 Å². The summed E-state index contributed by atoms with van der Waals surface area (Å²) in [4.78, 5) is 71.2. The molecule has 0 aliphatic rings. The van der Waals surface area contributed by atoms with E-state index < -0.39 is 72.5 Å². The van der Waals surface area contributed by atoms with E-state index in [4.69, 9.17) is 22.3 Å². The normalized spacial score (nSPS) is 14.1. The Kier molecular flexibility index (Phi) is 10.4. The Bertz CT molecular complexity index is 935. The first-order valence-corrected chi connectivity index (χ1v) is 10.0. The van der Waals surface area contributed by atoms with Crippen LogP contribution in [0.15, 0.2) is 24.3 Å². The van der Waals surface area contributed by atoms with Gasteiger partial charge < -0.3 is 43.4 Å². The fourth-order valence-electron chi connectivity index (χ4n) is 2.73. The number of amides is 5. The second-order valence-corrected chi connectivity index (χ2v) is 7.51. The van der Waals surface area contributed by atoms with Crippen molar-refractivity contribution in [3.63, 3.8) is 0 Å². The Morgan fingerprint density at radius 2 is 1.26 bits per heavy atom. The minimum atomic E-state index is -1.58. The van der Waals surface area contributed by atoms with E-state index in [9.17, 15) is 33.9 Å². The fourth-order valence-corrected chi connectivity index (χ4v) is 2.73. The molecule has 0 heterocycles. The monoisotopic (exact) mass is 480 g/mol. The zero-order valence-electron chi connectivity index (χ0n) is 18.3. The number of nitrogens with one attached hydrogen (secondary N) is 3. The minimum absolute atomic E-state index is 0.0206. The average molecular weight is 480 g/mol. The Balaban J connectivity index is 2.93. The van der Waals surface area contributed by atoms with Crippen LogP contribution in [-0.4, -0.2) is 69.9 Å². The van der Waals surface area contributed by atoms with Gasteiger partial charge in [-0.1, -0.05) is 12.1 Å². The van der Waals surface area contributed by atoms with Crippen LogP contribution in [0.4, 0.5) is 0 Å². The summed E-state index contributed by atoms with van der Waals surface area (Å²) >= 11 is 0. The molecule has 14 heteroatoms. The number of carboxylic acid groups (broad SMARTS) is 1. The van der Waals surface area contributed by atoms with E-state index in [1.165, 1.54) is 12.1 Å². The lowest BCUT2D eigenvalue weighted by Crippen LogP contribution is -2.58. The van der Waals surface area contributed by atoms with Gasteiger partial charge in [0.2, 0.25) is 29.5 Å². The minimum Gasteiger partial charge on any atom is -0.508 e. The van der Waals surface area contributed by atoms with Crippen molar-refractivity contribution in [2.24, 2.45) is 17.2 Å². The third-order valence-electron chi connectivity index (χ3n) is 4.53. The van der Waals surface area contributed by atoms with Crippen LogP contribution in [0.2, 0.25) is 0 Å². The van der Waals surface area contributed by atoms with Crippen LogP contribution in [0.1, 0.15) is 25.3 Å². The largest absolute Gasteiger partial charge is 0.508 e. The highest BCUT2D eigenvalue weighted by Gasteiger charge is 2.31. The summed E-state index contributed by atoms with van der Waals surface area (Å²) in [6.07, 6.45) is -1.29. The molecule has 0 bridgehead atoms. The molecule has 5 amide bonds. The van der Waals surface area contributed by atoms with Crippen molar-refractivity contribution < 1.29 is 39.0 Å². The number of primary amides is 2. The van der Waals surface area contributed by atoms with Crippen LogP contribution in [0, 0.1) is 0 Å². The number of hydrogen-bond donors (Lipinski definition) is 8. The lowest BCUT2D eigenvalue weighted by Gasteiger charge is -2.23. The first kappa shape index (κ1) is 27.8. The topological polar surface area (TPSA) is 257 Å². The highest BCUT2D eigenvalue weighted by molar-refractivity contribution is 5.97. The van der Waals surface area contributed by atoms with Gasteiger partial charge in [0.25, 0.3) is 0 Å². The summed E-state index contributed by atoms with van der Waals surface area (Å²) < 4.78 is 0. The molecular formula is C20H28N6O8. The average Bonchev–Trinajstić information content (AvgIpc) is 2.73. The first-order valence-electron chi connectivity index (χ1n) is 10.0. The molecule has 0 aliphatic carbocycles. The zero-order chi connectivity index (χ0) is 26.0. The number of carbonyl (C=O) groups excluding carboxylic acids is 5. The summed E-state index contributed by atoms with van der Waals surface area (Å²) in [5.74, 6) is -6.16. The third-order valence-corrected chi connectivity index (χ3v) is 4.53. The van der Waals surface area contributed by atoms with Gasteiger partial charge in [-0.15, -0.1) is 0 Å². The number of nitrogens with two attached hydrogens (primary N) is 3. The Labute approximate surface area is 194 Å². The molecule has 4 unspecified atom stereocenters. The molecule has 186 valence electrons. The van der Waals surface area contributed by atoms with Crippen molar-refractivity contribution in [2.45, 2.75) is 50.4 Å². The van der Waals surface area contributed by atoms with Gasteiger partial charge in [-0.2, -0.15) is 0 Å². The summed E-state index contributed by atoms with van der Waals surface area (Å²) in [6.45, 7) is 1.16. The molecule has 11 N–H and O–H groups in total. The van der Waals surface area contributed by atoms with Gasteiger partial charge in [-0.05, 0) is 31.0 Å². The van der Waals surface area contributed by atoms with E-state index in [-0.39, 0.29) is 12.2 Å². The number of benzene rings is 1. The quantitative estimate of drug-likeness (QED) is 0.139. The molecule has 1 aromatic rings. The fraction of sp³-hybridized carbons (Fsp3) is 0.400. The predicted molar refractivity (Wildman–Crippen MR) is 117 cm³/mol. The van der Waals surface area contributed by atoms with Gasteiger partial charge in [0.15, 0.2) is 0 Å². The number of hydrogen-bond acceptors (Lipinski definition) is 8. The van der Waals surface area contributed by atoms with Crippen molar-refractivity contribution in [3.8, 4) is 5.75 Å². The van der Waals surface area contributed by atoms with E-state index >= 15 is 0 Å². The maximum absolute atomic E-state index is 12.7. The van der Waals surface area contributed by atoms with E-state index in [1.54, 1.807) is 12.1 Å². The molecule has 0 saturated heterocycles. The second kappa shape index (κ2) is 12.7. The van der Waals surface area contributed by atoms with Gasteiger partial charge in [0, 0.05) is 0 Å². The van der Waals surface area contributed by atoms with E-state index in [2.05, 4.69) is 16.0 Å². The number of aromatic hydroxyl groups is 1. The number of rotatable bonds is 13. The zero-order valence-corrected chi connectivity index (χ0v) is 18.3. The van der Waals surface area contributed by atoms with Gasteiger partial charge in [0.1, 0.15) is 23.9 Å². The Hall–Kier alpha value is -4.20. The van der Waals surface area contributed by atoms with Crippen LogP contribution in [0.25, 0.3) is 0 Å². The van der Waals surface area contributed by atoms with Crippen LogP contribution in [0.5, 0.6) is 5.75 Å². The van der Waals surface area contributed by atoms with Crippen LogP contribution >= 0.6 is 0 Å². The predicted octanol–water partition coefficient (Wildman–Crippen LogP) is -3.43. The SMILES string of the molecule is CC(NC(=O)C(CC(N)=O)NC(=O)C(CC(N)=O)NC(=O)C(N)Cc1ccc(O)cc1)C(=O)O. The molecule has 0 radical (unpaired) electrons. The van der Waals surface area contributed by atoms with Crippen LogP contribution in [0.3, 0.4) is 0 Å². The lowest BCUT2D eigenvalue weighted by atomic mass is 10.0. The Morgan fingerprint density at radius 1 is 0.824 bits per heavy atom. The molecular weight excluding hydrogens is 452 g/mol. The van der Waals surface area contributed by atoms with E-state index in [1.807, 2.05) is 0 Å². The van der Waals surface area contributed by atoms with Crippen LogP contribution in [-0.2, 0) is 35.2 Å². The summed E-state index contributed by atoms with van der Waals surface area (Å²) in [5.41, 5.74) is 16.7. The number of phenols is 1. The first-order chi connectivity index (χ1) is 15.8. The maximum Gasteiger partial charge on any atom is 0.325 e. The molecule has 1 rings (SSSR count). The van der Waals surface area contributed by atoms with Gasteiger partial charge in [-0.3, -0.25) is 28.8 Å². The molecule has 0 fully saturated rings. The summed E-state index contributed by atoms with van der Waals surface area (Å²) in [7, 11) is 0. The Morgan fingerprint density at radius 3 is 1.71 bits per heavy atom. The number of aliphatic carboxylic acids is 1. The third kappa shape index (κ3) is 9.52. The number of carbonyl (C=O) groups is 6. The molecule has 0 aromatic heterocycles. The molecule has 0 spiro atoms.